The first kappa shape index (κ1) is 15.0. The number of halogens is 3. The molecule has 3 nitrogen and oxygen atoms in total. The van der Waals surface area contributed by atoms with Crippen LogP contribution in [-0.2, 0) is 0 Å². The molecule has 0 bridgehead atoms. The number of hydrogen-bond acceptors (Lipinski definition) is 3. The Morgan fingerprint density at radius 3 is 2.85 bits per heavy atom. The molecule has 0 unspecified atom stereocenters. The van der Waals surface area contributed by atoms with Crippen LogP contribution in [0.25, 0.3) is 0 Å². The molecule has 0 aliphatic carbocycles. The van der Waals surface area contributed by atoms with Crippen molar-refractivity contribution in [3.8, 4) is 5.75 Å². The van der Waals surface area contributed by atoms with E-state index in [1.807, 2.05) is 18.2 Å². The lowest BCUT2D eigenvalue weighted by Crippen LogP contribution is -2.27. The minimum Gasteiger partial charge on any atom is -0.493 e. The second-order valence-electron chi connectivity index (χ2n) is 4.80. The fourth-order valence-corrected chi connectivity index (χ4v) is 2.16. The third-order valence-corrected chi connectivity index (χ3v) is 3.18. The van der Waals surface area contributed by atoms with Crippen molar-refractivity contribution in [2.45, 2.75) is 19.0 Å². The van der Waals surface area contributed by atoms with Gasteiger partial charge in [0.1, 0.15) is 5.75 Å². The predicted octanol–water partition coefficient (Wildman–Crippen LogP) is 2.82. The van der Waals surface area contributed by atoms with Crippen molar-refractivity contribution in [1.82, 2.24) is 5.32 Å². The fraction of sp³-hybridized carbons (Fsp3) is 0.571. The first-order valence-corrected chi connectivity index (χ1v) is 6.80. The van der Waals surface area contributed by atoms with Gasteiger partial charge in [0.05, 0.1) is 13.0 Å². The minimum absolute atomic E-state index is 0.339. The molecule has 1 saturated heterocycles. The smallest absolute Gasteiger partial charge is 0.392 e. The maximum atomic E-state index is 12.1. The lowest BCUT2D eigenvalue weighted by molar-refractivity contribution is -0.139. The molecule has 1 N–H and O–H groups in total. The Labute approximate surface area is 116 Å². The lowest BCUT2D eigenvalue weighted by atomic mass is 10.2. The molecule has 0 spiro atoms. The van der Waals surface area contributed by atoms with Crippen LogP contribution in [0.5, 0.6) is 5.75 Å². The summed E-state index contributed by atoms with van der Waals surface area (Å²) >= 11 is 0. The highest BCUT2D eigenvalue weighted by Gasteiger charge is 2.26. The Morgan fingerprint density at radius 1 is 1.20 bits per heavy atom. The average molecular weight is 288 g/mol. The normalized spacial score (nSPS) is 16.9. The van der Waals surface area contributed by atoms with E-state index in [4.69, 9.17) is 4.74 Å². The molecule has 2 rings (SSSR count). The molecule has 1 heterocycles. The highest BCUT2D eigenvalue weighted by atomic mass is 19.4. The first-order valence-electron chi connectivity index (χ1n) is 6.80. The van der Waals surface area contributed by atoms with Crippen molar-refractivity contribution in [2.75, 3.05) is 37.7 Å². The largest absolute Gasteiger partial charge is 0.493 e. The van der Waals surface area contributed by atoms with E-state index >= 15 is 0 Å². The molecule has 1 aliphatic heterocycles. The van der Waals surface area contributed by atoms with Crippen molar-refractivity contribution >= 4 is 5.69 Å². The van der Waals surface area contributed by atoms with Crippen LogP contribution in [-0.4, -0.2) is 39.0 Å². The van der Waals surface area contributed by atoms with Crippen LogP contribution in [0.2, 0.25) is 0 Å². The van der Waals surface area contributed by atoms with Gasteiger partial charge >= 0.3 is 6.18 Å². The topological polar surface area (TPSA) is 24.5 Å². The monoisotopic (exact) mass is 288 g/mol. The Balaban J connectivity index is 1.93. The van der Waals surface area contributed by atoms with Gasteiger partial charge in [0.15, 0.2) is 0 Å². The zero-order valence-corrected chi connectivity index (χ0v) is 11.2. The van der Waals surface area contributed by atoms with Gasteiger partial charge in [-0.05, 0) is 25.1 Å². The van der Waals surface area contributed by atoms with E-state index in [1.54, 1.807) is 6.07 Å². The maximum absolute atomic E-state index is 12.1. The van der Waals surface area contributed by atoms with E-state index in [-0.39, 0.29) is 6.61 Å². The van der Waals surface area contributed by atoms with E-state index < -0.39 is 12.6 Å². The number of hydrogen-bond donors (Lipinski definition) is 1. The third-order valence-electron chi connectivity index (χ3n) is 3.18. The van der Waals surface area contributed by atoms with Gasteiger partial charge in [-0.3, -0.25) is 0 Å². The van der Waals surface area contributed by atoms with Crippen LogP contribution in [0.4, 0.5) is 18.9 Å². The summed E-state index contributed by atoms with van der Waals surface area (Å²) < 4.78 is 41.4. The third kappa shape index (κ3) is 4.92. The molecule has 1 aromatic rings. The number of benzene rings is 1. The van der Waals surface area contributed by atoms with Gasteiger partial charge in [-0.15, -0.1) is 0 Å². The molecule has 20 heavy (non-hydrogen) atoms. The summed E-state index contributed by atoms with van der Waals surface area (Å²) in [4.78, 5) is 2.22. The van der Waals surface area contributed by atoms with Gasteiger partial charge in [-0.25, -0.2) is 0 Å². The minimum atomic E-state index is -4.17. The SMILES string of the molecule is FC(F)(F)CCOc1cccc(N2CCCNCC2)c1. The summed E-state index contributed by atoms with van der Waals surface area (Å²) in [6, 6.07) is 7.27. The quantitative estimate of drug-likeness (QED) is 0.922. The van der Waals surface area contributed by atoms with Crippen LogP contribution in [0.1, 0.15) is 12.8 Å². The number of anilines is 1. The van der Waals surface area contributed by atoms with E-state index in [0.29, 0.717) is 5.75 Å². The van der Waals surface area contributed by atoms with E-state index in [1.165, 1.54) is 0 Å². The molecule has 6 heteroatoms. The molecule has 0 atom stereocenters. The van der Waals surface area contributed by atoms with Crippen LogP contribution in [0, 0.1) is 0 Å². The predicted molar refractivity (Wildman–Crippen MR) is 72.3 cm³/mol. The van der Waals surface area contributed by atoms with Gasteiger partial charge in [0.2, 0.25) is 0 Å². The summed E-state index contributed by atoms with van der Waals surface area (Å²) in [5.74, 6) is 0.490. The molecule has 1 aliphatic rings. The highest BCUT2D eigenvalue weighted by molar-refractivity contribution is 5.50. The summed E-state index contributed by atoms with van der Waals surface area (Å²) in [6.45, 7) is 3.41. The van der Waals surface area contributed by atoms with E-state index in [2.05, 4.69) is 10.2 Å². The molecule has 1 fully saturated rings. The standard InChI is InChI=1S/C14H19F3N2O/c15-14(16,17)5-10-20-13-4-1-3-12(11-13)19-8-2-6-18-7-9-19/h1,3-4,11,18H,2,5-10H2. The van der Waals surface area contributed by atoms with Crippen LogP contribution < -0.4 is 15.0 Å². The number of nitrogens with one attached hydrogen (secondary N) is 1. The van der Waals surface area contributed by atoms with E-state index in [9.17, 15) is 13.2 Å². The molecule has 0 saturated carbocycles. The van der Waals surface area contributed by atoms with Crippen molar-refractivity contribution in [3.05, 3.63) is 24.3 Å². The number of nitrogens with zero attached hydrogens (tertiary/aromatic N) is 1. The second-order valence-corrected chi connectivity index (χ2v) is 4.80. The average Bonchev–Trinajstić information content (AvgIpc) is 2.66. The molecule has 112 valence electrons. The molecule has 0 aromatic heterocycles. The van der Waals surface area contributed by atoms with Crippen LogP contribution in [0.3, 0.4) is 0 Å². The molecule has 0 amide bonds. The van der Waals surface area contributed by atoms with Crippen molar-refractivity contribution in [2.24, 2.45) is 0 Å². The van der Waals surface area contributed by atoms with Gasteiger partial charge in [0, 0.05) is 31.4 Å². The fourth-order valence-electron chi connectivity index (χ4n) is 2.16. The molecule has 1 aromatic carbocycles. The first-order chi connectivity index (χ1) is 9.54. The molecular formula is C14H19F3N2O. The molecule has 0 radical (unpaired) electrons. The number of rotatable bonds is 4. The Bertz CT molecular complexity index is 415. The Kier molecular flexibility index (Phi) is 5.11. The highest BCUT2D eigenvalue weighted by Crippen LogP contribution is 2.24. The zero-order chi connectivity index (χ0) is 14.4. The van der Waals surface area contributed by atoms with Crippen molar-refractivity contribution in [1.29, 1.82) is 0 Å². The second kappa shape index (κ2) is 6.83. The molecular weight excluding hydrogens is 269 g/mol. The van der Waals surface area contributed by atoms with E-state index in [0.717, 1.165) is 38.3 Å². The van der Waals surface area contributed by atoms with Gasteiger partial charge in [-0.1, -0.05) is 6.07 Å². The van der Waals surface area contributed by atoms with Crippen molar-refractivity contribution in [3.63, 3.8) is 0 Å². The summed E-state index contributed by atoms with van der Waals surface area (Å²) in [7, 11) is 0. The van der Waals surface area contributed by atoms with Gasteiger partial charge in [-0.2, -0.15) is 13.2 Å². The Morgan fingerprint density at radius 2 is 2.05 bits per heavy atom. The summed E-state index contributed by atoms with van der Waals surface area (Å²) in [5, 5.41) is 3.31. The van der Waals surface area contributed by atoms with Crippen LogP contribution >= 0.6 is 0 Å². The Hall–Kier alpha value is -1.43. The van der Waals surface area contributed by atoms with Gasteiger partial charge in [0.25, 0.3) is 0 Å². The summed E-state index contributed by atoms with van der Waals surface area (Å²) in [6.07, 6.45) is -4.04. The number of ether oxygens (including phenoxy) is 1. The lowest BCUT2D eigenvalue weighted by Gasteiger charge is -2.22. The zero-order valence-electron chi connectivity index (χ0n) is 11.2. The van der Waals surface area contributed by atoms with Crippen molar-refractivity contribution < 1.29 is 17.9 Å². The summed E-state index contributed by atoms with van der Waals surface area (Å²) in [5.41, 5.74) is 0.998. The maximum Gasteiger partial charge on any atom is 0.392 e. The van der Waals surface area contributed by atoms with Gasteiger partial charge < -0.3 is 15.0 Å². The number of alkyl halides is 3. The van der Waals surface area contributed by atoms with Crippen LogP contribution in [0.15, 0.2) is 24.3 Å².